The molecular formula is C27H20F3N3O2. The molecule has 2 amide bonds. The second kappa shape index (κ2) is 10.2. The summed E-state index contributed by atoms with van der Waals surface area (Å²) in [4.78, 5) is 29.0. The molecule has 3 aromatic carbocycles. The molecule has 0 saturated heterocycles. The largest absolute Gasteiger partial charge is 0.416 e. The lowest BCUT2D eigenvalue weighted by molar-refractivity contribution is -0.137. The number of nitrogens with one attached hydrogen (secondary N) is 2. The zero-order valence-corrected chi connectivity index (χ0v) is 18.3. The van der Waals surface area contributed by atoms with Crippen molar-refractivity contribution in [3.05, 3.63) is 120 Å². The van der Waals surface area contributed by atoms with Crippen LogP contribution in [0.15, 0.2) is 97.3 Å². The van der Waals surface area contributed by atoms with Gasteiger partial charge in [-0.1, -0.05) is 42.5 Å². The minimum atomic E-state index is -4.43. The molecule has 0 radical (unpaired) electrons. The summed E-state index contributed by atoms with van der Waals surface area (Å²) < 4.78 is 38.6. The fourth-order valence-electron chi connectivity index (χ4n) is 3.46. The van der Waals surface area contributed by atoms with Crippen LogP contribution in [0.1, 0.15) is 31.8 Å². The van der Waals surface area contributed by atoms with E-state index >= 15 is 0 Å². The fraction of sp³-hybridized carbons (Fsp3) is 0.0741. The van der Waals surface area contributed by atoms with Gasteiger partial charge < -0.3 is 10.6 Å². The van der Waals surface area contributed by atoms with Crippen molar-refractivity contribution in [3.8, 4) is 11.1 Å². The van der Waals surface area contributed by atoms with Crippen molar-refractivity contribution in [2.75, 3.05) is 5.32 Å². The SMILES string of the molecule is O=C(NCc1ccc(NC(=O)c2ccccc2-c2ccc(C(F)(F)F)cc2)cc1)c1cccnc1. The van der Waals surface area contributed by atoms with E-state index in [1.54, 1.807) is 66.9 Å². The first-order chi connectivity index (χ1) is 16.8. The Morgan fingerprint density at radius 2 is 1.51 bits per heavy atom. The van der Waals surface area contributed by atoms with Gasteiger partial charge in [-0.3, -0.25) is 14.6 Å². The third kappa shape index (κ3) is 5.92. The minimum absolute atomic E-state index is 0.240. The maximum absolute atomic E-state index is 12.9. The summed E-state index contributed by atoms with van der Waals surface area (Å²) >= 11 is 0. The Kier molecular flexibility index (Phi) is 6.91. The maximum Gasteiger partial charge on any atom is 0.416 e. The van der Waals surface area contributed by atoms with E-state index in [9.17, 15) is 22.8 Å². The van der Waals surface area contributed by atoms with E-state index in [1.807, 2.05) is 0 Å². The van der Waals surface area contributed by atoms with Gasteiger partial charge in [0, 0.05) is 30.2 Å². The van der Waals surface area contributed by atoms with Gasteiger partial charge in [0.1, 0.15) is 0 Å². The Morgan fingerprint density at radius 1 is 0.800 bits per heavy atom. The number of hydrogen-bond acceptors (Lipinski definition) is 3. The highest BCUT2D eigenvalue weighted by atomic mass is 19.4. The molecular weight excluding hydrogens is 455 g/mol. The first-order valence-electron chi connectivity index (χ1n) is 10.7. The van der Waals surface area contributed by atoms with Gasteiger partial charge in [-0.15, -0.1) is 0 Å². The zero-order chi connectivity index (χ0) is 24.8. The number of halogens is 3. The van der Waals surface area contributed by atoms with Crippen LogP contribution in [0.5, 0.6) is 0 Å². The van der Waals surface area contributed by atoms with Crippen LogP contribution >= 0.6 is 0 Å². The summed E-state index contributed by atoms with van der Waals surface area (Å²) in [5.41, 5.74) is 2.45. The summed E-state index contributed by atoms with van der Waals surface area (Å²) in [7, 11) is 0. The van der Waals surface area contributed by atoms with Crippen molar-refractivity contribution in [2.45, 2.75) is 12.7 Å². The number of hydrogen-bond donors (Lipinski definition) is 2. The highest BCUT2D eigenvalue weighted by Crippen LogP contribution is 2.32. The van der Waals surface area contributed by atoms with E-state index < -0.39 is 17.6 Å². The normalized spacial score (nSPS) is 11.1. The number of rotatable bonds is 6. The summed E-state index contributed by atoms with van der Waals surface area (Å²) in [6, 6.07) is 21.7. The van der Waals surface area contributed by atoms with Gasteiger partial charge in [0.2, 0.25) is 0 Å². The van der Waals surface area contributed by atoms with Gasteiger partial charge in [0.05, 0.1) is 11.1 Å². The molecule has 176 valence electrons. The smallest absolute Gasteiger partial charge is 0.348 e. The van der Waals surface area contributed by atoms with Crippen molar-refractivity contribution in [3.63, 3.8) is 0 Å². The predicted molar refractivity (Wildman–Crippen MR) is 127 cm³/mol. The molecule has 1 aromatic heterocycles. The summed E-state index contributed by atoms with van der Waals surface area (Å²) in [6.07, 6.45) is -1.36. The number of nitrogens with zero attached hydrogens (tertiary/aromatic N) is 1. The van der Waals surface area contributed by atoms with E-state index in [4.69, 9.17) is 0 Å². The molecule has 35 heavy (non-hydrogen) atoms. The minimum Gasteiger partial charge on any atom is -0.348 e. The zero-order valence-electron chi connectivity index (χ0n) is 18.3. The number of anilines is 1. The molecule has 0 aliphatic heterocycles. The number of benzene rings is 3. The molecule has 2 N–H and O–H groups in total. The van der Waals surface area contributed by atoms with Crippen molar-refractivity contribution in [2.24, 2.45) is 0 Å². The lowest BCUT2D eigenvalue weighted by atomic mass is 9.98. The van der Waals surface area contributed by atoms with Gasteiger partial charge in [-0.05, 0) is 59.2 Å². The van der Waals surface area contributed by atoms with Gasteiger partial charge in [-0.25, -0.2) is 0 Å². The van der Waals surface area contributed by atoms with Crippen molar-refractivity contribution >= 4 is 17.5 Å². The van der Waals surface area contributed by atoms with Crippen molar-refractivity contribution in [1.82, 2.24) is 10.3 Å². The highest BCUT2D eigenvalue weighted by Gasteiger charge is 2.30. The molecule has 4 aromatic rings. The monoisotopic (exact) mass is 475 g/mol. The molecule has 4 rings (SSSR count). The molecule has 0 spiro atoms. The van der Waals surface area contributed by atoms with E-state index in [-0.39, 0.29) is 5.91 Å². The molecule has 0 aliphatic carbocycles. The van der Waals surface area contributed by atoms with E-state index in [0.717, 1.165) is 17.7 Å². The fourth-order valence-corrected chi connectivity index (χ4v) is 3.46. The quantitative estimate of drug-likeness (QED) is 0.362. The standard InChI is InChI=1S/C27H20F3N3O2/c28-27(29,30)21-11-9-19(10-12-21)23-5-1-2-6-24(23)26(35)33-22-13-7-18(8-14-22)16-32-25(34)20-4-3-15-31-17-20/h1-15,17H,16H2,(H,32,34)(H,33,35). The average Bonchev–Trinajstić information content (AvgIpc) is 2.88. The number of aromatic nitrogens is 1. The number of pyridine rings is 1. The molecule has 0 atom stereocenters. The van der Waals surface area contributed by atoms with Crippen LogP contribution < -0.4 is 10.6 Å². The lowest BCUT2D eigenvalue weighted by Crippen LogP contribution is -2.22. The van der Waals surface area contributed by atoms with Crippen LogP contribution in [0.3, 0.4) is 0 Å². The molecule has 0 unspecified atom stereocenters. The number of amides is 2. The first-order valence-corrected chi connectivity index (χ1v) is 10.7. The van der Waals surface area contributed by atoms with Gasteiger partial charge >= 0.3 is 6.18 Å². The van der Waals surface area contributed by atoms with Crippen LogP contribution in [0.4, 0.5) is 18.9 Å². The Balaban J connectivity index is 1.42. The number of carbonyl (C=O) groups is 2. The average molecular weight is 475 g/mol. The topological polar surface area (TPSA) is 71.1 Å². The Morgan fingerprint density at radius 3 is 2.17 bits per heavy atom. The number of alkyl halides is 3. The van der Waals surface area contributed by atoms with Gasteiger partial charge in [-0.2, -0.15) is 13.2 Å². The van der Waals surface area contributed by atoms with Crippen LogP contribution in [0, 0.1) is 0 Å². The Hall–Kier alpha value is -4.46. The van der Waals surface area contributed by atoms with Crippen molar-refractivity contribution in [1.29, 1.82) is 0 Å². The molecule has 1 heterocycles. The maximum atomic E-state index is 12.9. The second-order valence-electron chi connectivity index (χ2n) is 7.70. The van der Waals surface area contributed by atoms with Gasteiger partial charge in [0.15, 0.2) is 0 Å². The molecule has 0 bridgehead atoms. The highest BCUT2D eigenvalue weighted by molar-refractivity contribution is 6.08. The molecule has 0 fully saturated rings. The summed E-state index contributed by atoms with van der Waals surface area (Å²) in [5.74, 6) is -0.631. The third-order valence-electron chi connectivity index (χ3n) is 5.28. The molecule has 0 aliphatic rings. The molecule has 5 nitrogen and oxygen atoms in total. The number of carbonyl (C=O) groups excluding carboxylic acids is 2. The first kappa shape index (κ1) is 23.7. The van der Waals surface area contributed by atoms with E-state index in [0.29, 0.717) is 34.5 Å². The summed E-state index contributed by atoms with van der Waals surface area (Å²) in [5, 5.41) is 5.61. The Bertz CT molecular complexity index is 1320. The van der Waals surface area contributed by atoms with Gasteiger partial charge in [0.25, 0.3) is 11.8 Å². The van der Waals surface area contributed by atoms with Crippen LogP contribution in [-0.2, 0) is 12.7 Å². The predicted octanol–water partition coefficient (Wildman–Crippen LogP) is 5.95. The lowest BCUT2D eigenvalue weighted by Gasteiger charge is -2.12. The van der Waals surface area contributed by atoms with E-state index in [1.165, 1.54) is 18.3 Å². The summed E-state index contributed by atoms with van der Waals surface area (Å²) in [6.45, 7) is 0.304. The van der Waals surface area contributed by atoms with Crippen LogP contribution in [0.2, 0.25) is 0 Å². The van der Waals surface area contributed by atoms with E-state index in [2.05, 4.69) is 15.6 Å². The van der Waals surface area contributed by atoms with Crippen LogP contribution in [-0.4, -0.2) is 16.8 Å². The molecule has 0 saturated carbocycles. The Labute approximate surface area is 199 Å². The van der Waals surface area contributed by atoms with Crippen LogP contribution in [0.25, 0.3) is 11.1 Å². The van der Waals surface area contributed by atoms with Crippen molar-refractivity contribution < 1.29 is 22.8 Å². The third-order valence-corrected chi connectivity index (χ3v) is 5.28. The molecule has 8 heteroatoms. The second-order valence-corrected chi connectivity index (χ2v) is 7.70.